The van der Waals surface area contributed by atoms with Crippen molar-refractivity contribution in [2.75, 3.05) is 19.0 Å². The average molecular weight is 364 g/mol. The number of thiocarbonyl (C=S) groups is 1. The SMILES string of the molecule is CC(C)CC(=O)NN1C(=O)/C(=C/c2ccc(N(C)C)cc2)SC1=S. The van der Waals surface area contributed by atoms with Gasteiger partial charge in [-0.15, -0.1) is 0 Å². The van der Waals surface area contributed by atoms with E-state index < -0.39 is 0 Å². The molecule has 2 amide bonds. The lowest BCUT2D eigenvalue weighted by Crippen LogP contribution is -2.45. The van der Waals surface area contributed by atoms with E-state index in [2.05, 4.69) is 5.43 Å². The third-order valence-electron chi connectivity index (χ3n) is 3.33. The highest BCUT2D eigenvalue weighted by Crippen LogP contribution is 2.31. The number of nitrogens with zero attached hydrogens (tertiary/aromatic N) is 2. The number of nitrogens with one attached hydrogen (secondary N) is 1. The molecular weight excluding hydrogens is 342 g/mol. The van der Waals surface area contributed by atoms with Crippen molar-refractivity contribution in [3.05, 3.63) is 34.7 Å². The van der Waals surface area contributed by atoms with Crippen molar-refractivity contribution in [2.24, 2.45) is 5.92 Å². The number of thioether (sulfide) groups is 1. The molecule has 24 heavy (non-hydrogen) atoms. The molecule has 1 saturated heterocycles. The lowest BCUT2D eigenvalue weighted by atomic mass is 10.1. The molecule has 1 aliphatic rings. The highest BCUT2D eigenvalue weighted by molar-refractivity contribution is 8.26. The van der Waals surface area contributed by atoms with Crippen molar-refractivity contribution in [2.45, 2.75) is 20.3 Å². The van der Waals surface area contributed by atoms with Gasteiger partial charge in [0, 0.05) is 26.2 Å². The minimum atomic E-state index is -0.293. The maximum absolute atomic E-state index is 12.4. The topological polar surface area (TPSA) is 52.7 Å². The van der Waals surface area contributed by atoms with Crippen LogP contribution >= 0.6 is 24.0 Å². The lowest BCUT2D eigenvalue weighted by Gasteiger charge is -2.16. The molecular formula is C17H21N3O2S2. The molecule has 0 spiro atoms. The molecule has 1 aromatic rings. The van der Waals surface area contributed by atoms with Gasteiger partial charge in [-0.05, 0) is 41.9 Å². The van der Waals surface area contributed by atoms with Crippen LogP contribution in [0.4, 0.5) is 5.69 Å². The second-order valence-electron chi connectivity index (χ2n) is 6.14. The van der Waals surface area contributed by atoms with Gasteiger partial charge in [-0.25, -0.2) is 0 Å². The number of anilines is 1. The summed E-state index contributed by atoms with van der Waals surface area (Å²) in [6.07, 6.45) is 2.13. The molecule has 1 heterocycles. The van der Waals surface area contributed by atoms with Crippen LogP contribution in [0.5, 0.6) is 0 Å². The van der Waals surface area contributed by atoms with Gasteiger partial charge >= 0.3 is 0 Å². The summed E-state index contributed by atoms with van der Waals surface area (Å²) >= 11 is 6.40. The fraction of sp³-hybridized carbons (Fsp3) is 0.353. The van der Waals surface area contributed by atoms with Crippen LogP contribution < -0.4 is 10.3 Å². The maximum Gasteiger partial charge on any atom is 0.285 e. The smallest absolute Gasteiger partial charge is 0.285 e. The van der Waals surface area contributed by atoms with Crippen molar-refractivity contribution in [1.29, 1.82) is 0 Å². The number of hydrogen-bond donors (Lipinski definition) is 1. The monoisotopic (exact) mass is 363 g/mol. The predicted octanol–water partition coefficient (Wildman–Crippen LogP) is 3.03. The first-order chi connectivity index (χ1) is 11.3. The van der Waals surface area contributed by atoms with Gasteiger partial charge in [0.25, 0.3) is 5.91 Å². The van der Waals surface area contributed by atoms with Crippen molar-refractivity contribution < 1.29 is 9.59 Å². The van der Waals surface area contributed by atoms with Gasteiger partial charge in [0.1, 0.15) is 0 Å². The van der Waals surface area contributed by atoms with E-state index in [1.807, 2.05) is 57.1 Å². The summed E-state index contributed by atoms with van der Waals surface area (Å²) in [6.45, 7) is 3.89. The van der Waals surface area contributed by atoms with Gasteiger partial charge in [0.05, 0.1) is 4.91 Å². The molecule has 0 aromatic heterocycles. The van der Waals surface area contributed by atoms with Crippen LogP contribution in [0.15, 0.2) is 29.2 Å². The first-order valence-corrected chi connectivity index (χ1v) is 8.85. The molecule has 1 aromatic carbocycles. The molecule has 7 heteroatoms. The number of benzene rings is 1. The summed E-state index contributed by atoms with van der Waals surface area (Å²) in [4.78, 5) is 26.8. The zero-order chi connectivity index (χ0) is 17.9. The molecule has 5 nitrogen and oxygen atoms in total. The zero-order valence-corrected chi connectivity index (χ0v) is 15.8. The van der Waals surface area contributed by atoms with E-state index in [0.717, 1.165) is 16.3 Å². The Labute approximate surface area is 152 Å². The Morgan fingerprint density at radius 3 is 2.50 bits per heavy atom. The van der Waals surface area contributed by atoms with E-state index in [1.54, 1.807) is 6.08 Å². The van der Waals surface area contributed by atoms with E-state index in [1.165, 1.54) is 11.8 Å². The Balaban J connectivity index is 2.11. The summed E-state index contributed by atoms with van der Waals surface area (Å²) in [5.41, 5.74) is 4.58. The van der Waals surface area contributed by atoms with Crippen molar-refractivity contribution in [3.63, 3.8) is 0 Å². The van der Waals surface area contributed by atoms with E-state index >= 15 is 0 Å². The molecule has 0 radical (unpaired) electrons. The van der Waals surface area contributed by atoms with E-state index in [-0.39, 0.29) is 17.7 Å². The van der Waals surface area contributed by atoms with Crippen LogP contribution in [0.3, 0.4) is 0 Å². The van der Waals surface area contributed by atoms with Gasteiger partial charge in [-0.3, -0.25) is 15.0 Å². The van der Waals surface area contributed by atoms with Crippen LogP contribution in [0.25, 0.3) is 6.08 Å². The Hall–Kier alpha value is -1.86. The molecule has 0 unspecified atom stereocenters. The summed E-state index contributed by atoms with van der Waals surface area (Å²) in [7, 11) is 3.94. The summed E-state index contributed by atoms with van der Waals surface area (Å²) in [5, 5.41) is 1.16. The molecule has 0 saturated carbocycles. The molecule has 1 fully saturated rings. The number of hydrazine groups is 1. The minimum absolute atomic E-state index is 0.210. The number of carbonyl (C=O) groups excluding carboxylic acids is 2. The lowest BCUT2D eigenvalue weighted by molar-refractivity contribution is -0.133. The fourth-order valence-corrected chi connectivity index (χ4v) is 3.30. The molecule has 1 N–H and O–H groups in total. The van der Waals surface area contributed by atoms with Crippen LogP contribution in [0.1, 0.15) is 25.8 Å². The second kappa shape index (κ2) is 7.81. The number of rotatable bonds is 5. The summed E-state index contributed by atoms with van der Waals surface area (Å²) < 4.78 is 0.341. The van der Waals surface area contributed by atoms with Crippen molar-refractivity contribution in [1.82, 2.24) is 10.4 Å². The molecule has 0 aliphatic carbocycles. The Bertz CT molecular complexity index is 682. The molecule has 2 rings (SSSR count). The zero-order valence-electron chi connectivity index (χ0n) is 14.2. The highest BCUT2D eigenvalue weighted by Gasteiger charge is 2.33. The largest absolute Gasteiger partial charge is 0.378 e. The van der Waals surface area contributed by atoms with Gasteiger partial charge in [0.15, 0.2) is 4.32 Å². The minimum Gasteiger partial charge on any atom is -0.378 e. The van der Waals surface area contributed by atoms with E-state index in [9.17, 15) is 9.59 Å². The molecule has 0 atom stereocenters. The normalized spacial score (nSPS) is 16.2. The van der Waals surface area contributed by atoms with Crippen LogP contribution in [0, 0.1) is 5.92 Å². The van der Waals surface area contributed by atoms with Gasteiger partial charge in [0.2, 0.25) is 5.91 Å². The molecule has 0 bridgehead atoms. The molecule has 128 valence electrons. The highest BCUT2D eigenvalue weighted by atomic mass is 32.2. The fourth-order valence-electron chi connectivity index (χ4n) is 2.13. The Morgan fingerprint density at radius 1 is 1.33 bits per heavy atom. The van der Waals surface area contributed by atoms with Crippen molar-refractivity contribution in [3.8, 4) is 0 Å². The quantitative estimate of drug-likeness (QED) is 0.644. The number of amides is 2. The Kier molecular flexibility index (Phi) is 6.01. The predicted molar refractivity (Wildman–Crippen MR) is 103 cm³/mol. The van der Waals surface area contributed by atoms with Crippen LogP contribution in [-0.4, -0.2) is 35.2 Å². The van der Waals surface area contributed by atoms with E-state index in [0.29, 0.717) is 15.6 Å². The number of hydrogen-bond acceptors (Lipinski definition) is 5. The summed E-state index contributed by atoms with van der Waals surface area (Å²) in [6, 6.07) is 7.85. The average Bonchev–Trinajstić information content (AvgIpc) is 2.74. The maximum atomic E-state index is 12.4. The third kappa shape index (κ3) is 4.58. The Morgan fingerprint density at radius 2 is 1.96 bits per heavy atom. The van der Waals surface area contributed by atoms with Crippen LogP contribution in [-0.2, 0) is 9.59 Å². The van der Waals surface area contributed by atoms with Crippen LogP contribution in [0.2, 0.25) is 0 Å². The summed E-state index contributed by atoms with van der Waals surface area (Å²) in [5.74, 6) is -0.286. The first kappa shape index (κ1) is 18.5. The third-order valence-corrected chi connectivity index (χ3v) is 4.63. The van der Waals surface area contributed by atoms with Gasteiger partial charge in [-0.1, -0.05) is 37.7 Å². The van der Waals surface area contributed by atoms with Gasteiger partial charge in [-0.2, -0.15) is 5.01 Å². The standard InChI is InChI=1S/C17H21N3O2S2/c1-11(2)9-15(21)18-20-16(22)14(24-17(20)23)10-12-5-7-13(8-6-12)19(3)4/h5-8,10-11H,9H2,1-4H3,(H,18,21)/b14-10-. The van der Waals surface area contributed by atoms with E-state index in [4.69, 9.17) is 12.2 Å². The van der Waals surface area contributed by atoms with Crippen molar-refractivity contribution >= 4 is 51.9 Å². The first-order valence-electron chi connectivity index (χ1n) is 7.62. The second-order valence-corrected chi connectivity index (χ2v) is 7.81. The molecule has 1 aliphatic heterocycles. The number of carbonyl (C=O) groups is 2. The van der Waals surface area contributed by atoms with Gasteiger partial charge < -0.3 is 4.90 Å².